The van der Waals surface area contributed by atoms with E-state index in [0.29, 0.717) is 5.71 Å². The highest BCUT2D eigenvalue weighted by atomic mass is 16.5. The first-order chi connectivity index (χ1) is 6.77. The van der Waals surface area contributed by atoms with E-state index in [2.05, 4.69) is 5.32 Å². The molecule has 0 aromatic heterocycles. The molecule has 0 atom stereocenters. The number of nitrogens with one attached hydrogen (secondary N) is 2. The largest absolute Gasteiger partial charge is 0.497 e. The molecule has 0 fully saturated rings. The van der Waals surface area contributed by atoms with E-state index in [1.54, 1.807) is 26.4 Å². The molecule has 2 N–H and O–H groups in total. The minimum Gasteiger partial charge on any atom is -0.497 e. The van der Waals surface area contributed by atoms with E-state index in [9.17, 15) is 0 Å². The summed E-state index contributed by atoms with van der Waals surface area (Å²) in [5.74, 6) is 0.805. The summed E-state index contributed by atoms with van der Waals surface area (Å²) in [6.07, 6.45) is 3.44. The first-order valence-corrected chi connectivity index (χ1v) is 4.34. The van der Waals surface area contributed by atoms with Gasteiger partial charge in [-0.1, -0.05) is 0 Å². The van der Waals surface area contributed by atoms with Crippen molar-refractivity contribution >= 4 is 5.71 Å². The number of hydrogen-bond donors (Lipinski definition) is 2. The third-order valence-electron chi connectivity index (χ3n) is 1.82. The van der Waals surface area contributed by atoms with E-state index in [0.717, 1.165) is 11.3 Å². The highest BCUT2D eigenvalue weighted by Crippen LogP contribution is 2.11. The summed E-state index contributed by atoms with van der Waals surface area (Å²) >= 11 is 0. The number of allylic oxidation sites excluding steroid dienone is 1. The molecule has 1 rings (SSSR count). The van der Waals surface area contributed by atoms with Gasteiger partial charge in [-0.2, -0.15) is 0 Å². The Kier molecular flexibility index (Phi) is 3.73. The molecular formula is C11H14N2O. The van der Waals surface area contributed by atoms with E-state index in [1.165, 1.54) is 0 Å². The fraction of sp³-hybridized carbons (Fsp3) is 0.182. The lowest BCUT2D eigenvalue weighted by Crippen LogP contribution is -1.98. The van der Waals surface area contributed by atoms with Crippen LogP contribution in [0.5, 0.6) is 5.75 Å². The maximum Gasteiger partial charge on any atom is 0.118 e. The Morgan fingerprint density at radius 1 is 1.36 bits per heavy atom. The number of hydrogen-bond acceptors (Lipinski definition) is 3. The maximum absolute atomic E-state index is 7.69. The molecule has 74 valence electrons. The van der Waals surface area contributed by atoms with E-state index in [4.69, 9.17) is 10.1 Å². The van der Waals surface area contributed by atoms with Crippen molar-refractivity contribution in [2.24, 2.45) is 0 Å². The van der Waals surface area contributed by atoms with Crippen molar-refractivity contribution < 1.29 is 4.74 Å². The minimum atomic E-state index is 0.474. The van der Waals surface area contributed by atoms with Crippen LogP contribution in [0.15, 0.2) is 36.5 Å². The summed E-state index contributed by atoms with van der Waals surface area (Å²) in [6, 6.07) is 7.41. The highest BCUT2D eigenvalue weighted by Gasteiger charge is 1.97. The van der Waals surface area contributed by atoms with Crippen molar-refractivity contribution in [3.05, 3.63) is 42.1 Å². The van der Waals surface area contributed by atoms with E-state index >= 15 is 0 Å². The van der Waals surface area contributed by atoms with Gasteiger partial charge >= 0.3 is 0 Å². The smallest absolute Gasteiger partial charge is 0.118 e. The lowest BCUT2D eigenvalue weighted by atomic mass is 10.1. The monoisotopic (exact) mass is 190 g/mol. The lowest BCUT2D eigenvalue weighted by Gasteiger charge is -2.01. The molecule has 14 heavy (non-hydrogen) atoms. The molecule has 3 nitrogen and oxygen atoms in total. The van der Waals surface area contributed by atoms with Crippen LogP contribution in [0.4, 0.5) is 0 Å². The Morgan fingerprint density at radius 3 is 2.50 bits per heavy atom. The second-order valence-corrected chi connectivity index (χ2v) is 2.76. The molecule has 0 aliphatic heterocycles. The molecule has 3 heteroatoms. The standard InChI is InChI=1S/C11H14N2O/c1-13-8-7-11(12)9-3-5-10(14-2)6-4-9/h3-8,12-13H,1-2H3/b8-7-,12-11?. The third-order valence-corrected chi connectivity index (χ3v) is 1.82. The van der Waals surface area contributed by atoms with Crippen LogP contribution in [0.3, 0.4) is 0 Å². The Bertz CT molecular complexity index is 328. The molecule has 0 bridgehead atoms. The molecule has 0 saturated heterocycles. The van der Waals surface area contributed by atoms with Gasteiger partial charge in [0.25, 0.3) is 0 Å². The summed E-state index contributed by atoms with van der Waals surface area (Å²) in [4.78, 5) is 0. The maximum atomic E-state index is 7.69. The van der Waals surface area contributed by atoms with Crippen LogP contribution in [-0.2, 0) is 0 Å². The molecule has 1 aromatic carbocycles. The van der Waals surface area contributed by atoms with Crippen molar-refractivity contribution in [3.63, 3.8) is 0 Å². The summed E-state index contributed by atoms with van der Waals surface area (Å²) in [5, 5.41) is 10.5. The molecule has 0 saturated carbocycles. The molecular weight excluding hydrogens is 176 g/mol. The Balaban J connectivity index is 2.76. The first kappa shape index (κ1) is 10.3. The van der Waals surface area contributed by atoms with Crippen LogP contribution in [0.1, 0.15) is 5.56 Å². The van der Waals surface area contributed by atoms with Gasteiger partial charge < -0.3 is 15.5 Å². The highest BCUT2D eigenvalue weighted by molar-refractivity contribution is 6.06. The molecule has 0 aliphatic carbocycles. The average Bonchev–Trinajstić information content (AvgIpc) is 2.26. The zero-order valence-corrected chi connectivity index (χ0v) is 8.37. The van der Waals surface area contributed by atoms with E-state index < -0.39 is 0 Å². The van der Waals surface area contributed by atoms with Gasteiger partial charge in [-0.05, 0) is 42.1 Å². The Labute approximate surface area is 83.9 Å². The SMILES string of the molecule is CN/C=C\C(=N)c1ccc(OC)cc1. The van der Waals surface area contributed by atoms with Gasteiger partial charge in [0, 0.05) is 7.05 Å². The van der Waals surface area contributed by atoms with E-state index in [1.807, 2.05) is 24.3 Å². The van der Waals surface area contributed by atoms with Crippen LogP contribution in [0.25, 0.3) is 0 Å². The lowest BCUT2D eigenvalue weighted by molar-refractivity contribution is 0.415. The molecule has 0 spiro atoms. The van der Waals surface area contributed by atoms with Crippen LogP contribution in [-0.4, -0.2) is 19.9 Å². The topological polar surface area (TPSA) is 45.1 Å². The number of ether oxygens (including phenoxy) is 1. The van der Waals surface area contributed by atoms with Gasteiger partial charge in [-0.15, -0.1) is 0 Å². The number of methoxy groups -OCH3 is 1. The minimum absolute atomic E-state index is 0.474. The van der Waals surface area contributed by atoms with Crippen molar-refractivity contribution in [1.82, 2.24) is 5.32 Å². The second-order valence-electron chi connectivity index (χ2n) is 2.76. The summed E-state index contributed by atoms with van der Waals surface area (Å²) in [6.45, 7) is 0. The molecule has 0 aliphatic rings. The van der Waals surface area contributed by atoms with Crippen molar-refractivity contribution in [1.29, 1.82) is 5.41 Å². The quantitative estimate of drug-likeness (QED) is 0.711. The molecule has 0 heterocycles. The normalized spacial score (nSPS) is 10.1. The Hall–Kier alpha value is -1.77. The van der Waals surface area contributed by atoms with Gasteiger partial charge in [0.1, 0.15) is 5.75 Å². The number of rotatable bonds is 4. The third kappa shape index (κ3) is 2.62. The van der Waals surface area contributed by atoms with Gasteiger partial charge in [0.15, 0.2) is 0 Å². The summed E-state index contributed by atoms with van der Waals surface area (Å²) in [7, 11) is 3.43. The predicted octanol–water partition coefficient (Wildman–Crippen LogP) is 1.80. The number of benzene rings is 1. The van der Waals surface area contributed by atoms with Gasteiger partial charge in [0.2, 0.25) is 0 Å². The fourth-order valence-electron chi connectivity index (χ4n) is 1.03. The van der Waals surface area contributed by atoms with Crippen LogP contribution >= 0.6 is 0 Å². The predicted molar refractivity (Wildman–Crippen MR) is 58.0 cm³/mol. The van der Waals surface area contributed by atoms with E-state index in [-0.39, 0.29) is 0 Å². The van der Waals surface area contributed by atoms with Gasteiger partial charge in [-0.3, -0.25) is 0 Å². The summed E-state index contributed by atoms with van der Waals surface area (Å²) < 4.78 is 5.03. The Morgan fingerprint density at radius 2 is 2.00 bits per heavy atom. The molecule has 1 aromatic rings. The van der Waals surface area contributed by atoms with Crippen molar-refractivity contribution in [2.45, 2.75) is 0 Å². The zero-order chi connectivity index (χ0) is 10.4. The average molecular weight is 190 g/mol. The van der Waals surface area contributed by atoms with Crippen LogP contribution < -0.4 is 10.1 Å². The van der Waals surface area contributed by atoms with Crippen molar-refractivity contribution in [3.8, 4) is 5.75 Å². The summed E-state index contributed by atoms with van der Waals surface area (Å²) in [5.41, 5.74) is 1.35. The molecule has 0 radical (unpaired) electrons. The second kappa shape index (κ2) is 5.07. The van der Waals surface area contributed by atoms with Crippen LogP contribution in [0, 0.1) is 5.41 Å². The van der Waals surface area contributed by atoms with Crippen molar-refractivity contribution in [2.75, 3.05) is 14.2 Å². The first-order valence-electron chi connectivity index (χ1n) is 4.34. The molecule has 0 unspecified atom stereocenters. The van der Waals surface area contributed by atoms with Gasteiger partial charge in [0.05, 0.1) is 12.8 Å². The van der Waals surface area contributed by atoms with Gasteiger partial charge in [-0.25, -0.2) is 0 Å². The zero-order valence-electron chi connectivity index (χ0n) is 8.37. The van der Waals surface area contributed by atoms with Crippen LogP contribution in [0.2, 0.25) is 0 Å². The molecule has 0 amide bonds. The fourth-order valence-corrected chi connectivity index (χ4v) is 1.03.